The van der Waals surface area contributed by atoms with E-state index in [9.17, 15) is 28.8 Å². The molecule has 416 valence electrons. The zero-order valence-corrected chi connectivity index (χ0v) is 45.4. The smallest absolute Gasteiger partial charge is 0.338 e. The quantitative estimate of drug-likeness (QED) is 0.00672. The van der Waals surface area contributed by atoms with Crippen LogP contribution in [0.4, 0.5) is 0 Å². The maximum absolute atomic E-state index is 13.9. The van der Waals surface area contributed by atoms with E-state index in [2.05, 4.69) is 29.3 Å². The van der Waals surface area contributed by atoms with Gasteiger partial charge in [-0.1, -0.05) is 42.8 Å². The molecule has 4 fully saturated rings. The van der Waals surface area contributed by atoms with Gasteiger partial charge < -0.3 is 28.4 Å². The van der Waals surface area contributed by atoms with Gasteiger partial charge in [0.2, 0.25) is 0 Å². The number of nitrogens with zero attached hydrogens (tertiary/aromatic N) is 1. The van der Waals surface area contributed by atoms with Crippen molar-refractivity contribution in [3.05, 3.63) is 70.9 Å². The number of ether oxygens (including phenoxy) is 6. The molecule has 0 N–H and O–H groups in total. The average molecular weight is 1090 g/mol. The molecule has 0 atom stereocenters. The van der Waals surface area contributed by atoms with Crippen LogP contribution >= 0.6 is 23.5 Å². The molecule has 0 radical (unpaired) electrons. The fraction of sp³-hybridized carbons (Fsp3) is 0.632. The topological polar surface area (TPSA) is 199 Å². The number of hydrogen-bond acceptors (Lipinski definition) is 18. The molecule has 0 bridgehead atoms. The molecule has 0 spiro atoms. The van der Waals surface area contributed by atoms with Gasteiger partial charge in [0.05, 0.1) is 64.8 Å². The Bertz CT molecular complexity index is 2090. The number of carbonyl (C=O) groups excluding carboxylic acids is 6. The number of fused-ring (bicyclic) bond motifs is 1. The monoisotopic (exact) mass is 1090 g/mol. The molecular formula is C57H75NO16S2. The molecule has 6 rings (SSSR count). The third-order valence-electron chi connectivity index (χ3n) is 15.3. The molecule has 4 aliphatic carbocycles. The van der Waals surface area contributed by atoms with E-state index in [1.54, 1.807) is 18.2 Å². The number of esters is 5. The highest BCUT2D eigenvalue weighted by Gasteiger charge is 2.39. The largest absolute Gasteiger partial charge is 0.468 e. The lowest BCUT2D eigenvalue weighted by Gasteiger charge is -2.37. The Morgan fingerprint density at radius 2 is 1.03 bits per heavy atom. The molecular weight excluding hydrogens is 1020 g/mol. The van der Waals surface area contributed by atoms with Gasteiger partial charge in [0.15, 0.2) is 0 Å². The standard InChI is InChI=1S/C57H75NO16S2/c1-5-29-69-70-32-10-8-31-67-53(61)44-21-15-41(16-22-44)43-19-25-46(26-20-43)55(63)74-48-28-27-47(51-52(48)76-57(75-51)50(58-4)56(64)68-35-34-66-49(60)6-2)73-54(62)45-23-17-42(18-24-45)40-13-11-39(12-14-40)38(3)36-72-71-33-9-7-30-65-37-59/h5-6,27-28,37,39-46H,1-3,7-26,29-36H2/b57-50+. The van der Waals surface area contributed by atoms with Gasteiger partial charge in [-0.3, -0.25) is 24.0 Å². The Morgan fingerprint density at radius 3 is 1.51 bits per heavy atom. The van der Waals surface area contributed by atoms with Gasteiger partial charge in [0.1, 0.15) is 37.9 Å². The molecule has 5 aliphatic rings. The first-order valence-electron chi connectivity index (χ1n) is 27.1. The summed E-state index contributed by atoms with van der Waals surface area (Å²) in [6.07, 6.45) is 19.5. The van der Waals surface area contributed by atoms with Crippen LogP contribution in [0, 0.1) is 53.9 Å². The second kappa shape index (κ2) is 32.7. The average Bonchev–Trinajstić information content (AvgIpc) is 3.90. The summed E-state index contributed by atoms with van der Waals surface area (Å²) in [6, 6.07) is 3.23. The van der Waals surface area contributed by atoms with E-state index in [1.165, 1.54) is 0 Å². The van der Waals surface area contributed by atoms with Crippen molar-refractivity contribution in [3.8, 4) is 11.5 Å². The molecule has 17 nitrogen and oxygen atoms in total. The van der Waals surface area contributed by atoms with Crippen molar-refractivity contribution in [2.75, 3.05) is 52.9 Å². The first-order chi connectivity index (χ1) is 37.0. The Balaban J connectivity index is 0.995. The number of benzene rings is 1. The van der Waals surface area contributed by atoms with E-state index in [0.717, 1.165) is 125 Å². The number of rotatable bonds is 30. The lowest BCUT2D eigenvalue weighted by molar-refractivity contribution is -0.289. The van der Waals surface area contributed by atoms with Crippen molar-refractivity contribution < 1.29 is 76.7 Å². The highest BCUT2D eigenvalue weighted by atomic mass is 32.2. The minimum absolute atomic E-state index is 0.0914. The lowest BCUT2D eigenvalue weighted by atomic mass is 9.68. The van der Waals surface area contributed by atoms with Crippen molar-refractivity contribution in [2.24, 2.45) is 47.3 Å². The Labute approximate surface area is 455 Å². The lowest BCUT2D eigenvalue weighted by Crippen LogP contribution is -2.31. The van der Waals surface area contributed by atoms with Crippen LogP contribution in [0.25, 0.3) is 4.85 Å². The van der Waals surface area contributed by atoms with E-state index < -0.39 is 11.9 Å². The molecule has 4 saturated carbocycles. The SMILES string of the molecule is [C-]#[N+]/C(C(=O)OCCOC(=O)C=C)=C1\Sc2c(OC(=O)C3CCC(C4CCC(C(=C)COOCCCCOC=O)CC4)CC3)ccc(OC(=O)C3CCC(C4CCC(C(=O)OCCCCOOCC=C)CC4)CC3)c2S1. The maximum atomic E-state index is 13.9. The van der Waals surface area contributed by atoms with Crippen molar-refractivity contribution in [2.45, 2.75) is 138 Å². The van der Waals surface area contributed by atoms with Gasteiger partial charge in [0, 0.05) is 6.08 Å². The zero-order chi connectivity index (χ0) is 54.1. The van der Waals surface area contributed by atoms with Crippen LogP contribution in [0.5, 0.6) is 11.5 Å². The fourth-order valence-corrected chi connectivity index (χ4v) is 13.6. The first kappa shape index (κ1) is 60.3. The van der Waals surface area contributed by atoms with Gasteiger partial charge >= 0.3 is 29.8 Å². The van der Waals surface area contributed by atoms with Gasteiger partial charge in [-0.15, -0.1) is 6.58 Å². The number of hydrogen-bond donors (Lipinski definition) is 0. The van der Waals surface area contributed by atoms with Gasteiger partial charge in [-0.25, -0.2) is 29.2 Å². The highest BCUT2D eigenvalue weighted by Crippen LogP contribution is 2.59. The van der Waals surface area contributed by atoms with Gasteiger partial charge in [-0.05, 0) is 176 Å². The van der Waals surface area contributed by atoms with E-state index in [0.29, 0.717) is 124 Å². The van der Waals surface area contributed by atoms with Crippen LogP contribution in [-0.2, 0) is 67.3 Å². The molecule has 0 amide bonds. The Hall–Kier alpha value is -4.97. The Kier molecular flexibility index (Phi) is 25.9. The van der Waals surface area contributed by atoms with Crippen LogP contribution in [0.3, 0.4) is 0 Å². The first-order valence-corrected chi connectivity index (χ1v) is 28.7. The summed E-state index contributed by atoms with van der Waals surface area (Å²) in [4.78, 5) is 101. The molecule has 0 saturated heterocycles. The van der Waals surface area contributed by atoms with Crippen LogP contribution in [0.15, 0.2) is 69.3 Å². The van der Waals surface area contributed by atoms with E-state index in [1.807, 2.05) is 0 Å². The van der Waals surface area contributed by atoms with Crippen LogP contribution < -0.4 is 9.47 Å². The molecule has 1 aliphatic heterocycles. The van der Waals surface area contributed by atoms with Crippen molar-refractivity contribution in [1.29, 1.82) is 0 Å². The molecule has 19 heteroatoms. The van der Waals surface area contributed by atoms with Crippen LogP contribution in [0.1, 0.15) is 128 Å². The molecule has 1 heterocycles. The summed E-state index contributed by atoms with van der Waals surface area (Å²) < 4.78 is 33.0. The normalized spacial score (nSPS) is 24.8. The summed E-state index contributed by atoms with van der Waals surface area (Å²) in [5.41, 5.74) is 0.727. The third kappa shape index (κ3) is 18.6. The number of carbonyl (C=O) groups is 6. The zero-order valence-electron chi connectivity index (χ0n) is 43.7. The van der Waals surface area contributed by atoms with E-state index >= 15 is 0 Å². The molecule has 1 aromatic rings. The van der Waals surface area contributed by atoms with Crippen molar-refractivity contribution in [3.63, 3.8) is 0 Å². The molecule has 0 aromatic heterocycles. The van der Waals surface area contributed by atoms with Crippen LogP contribution in [0.2, 0.25) is 0 Å². The Morgan fingerprint density at radius 1 is 0.566 bits per heavy atom. The van der Waals surface area contributed by atoms with E-state index in [-0.39, 0.29) is 70.3 Å². The second-order valence-corrected chi connectivity index (χ2v) is 22.5. The van der Waals surface area contributed by atoms with Crippen molar-refractivity contribution in [1.82, 2.24) is 0 Å². The number of thioether (sulfide) groups is 2. The maximum Gasteiger partial charge on any atom is 0.338 e. The highest BCUT2D eigenvalue weighted by molar-refractivity contribution is 8.24. The predicted octanol–water partition coefficient (Wildman–Crippen LogP) is 11.2. The predicted molar refractivity (Wildman–Crippen MR) is 282 cm³/mol. The molecule has 1 aromatic carbocycles. The van der Waals surface area contributed by atoms with Gasteiger partial charge in [0.25, 0.3) is 12.2 Å². The minimum Gasteiger partial charge on any atom is -0.468 e. The summed E-state index contributed by atoms with van der Waals surface area (Å²) in [7, 11) is 0. The summed E-state index contributed by atoms with van der Waals surface area (Å²) in [6.45, 7) is 21.3. The number of unbranched alkanes of at least 4 members (excludes halogenated alkanes) is 2. The van der Waals surface area contributed by atoms with Crippen LogP contribution in [-0.4, -0.2) is 89.2 Å². The summed E-state index contributed by atoms with van der Waals surface area (Å²) in [5.74, 6) is -0.253. The summed E-state index contributed by atoms with van der Waals surface area (Å²) in [5, 5.41) is 0. The summed E-state index contributed by atoms with van der Waals surface area (Å²) >= 11 is 2.16. The molecule has 76 heavy (non-hydrogen) atoms. The molecule has 0 unspecified atom stereocenters. The second-order valence-electron chi connectivity index (χ2n) is 20.2. The van der Waals surface area contributed by atoms with Gasteiger partial charge in [-0.2, -0.15) is 0 Å². The third-order valence-corrected chi connectivity index (χ3v) is 18.0. The fourth-order valence-electron chi connectivity index (χ4n) is 11.0. The minimum atomic E-state index is -0.917. The van der Waals surface area contributed by atoms with E-state index in [4.69, 9.17) is 49.8 Å². The van der Waals surface area contributed by atoms with Crippen molar-refractivity contribution >= 4 is 59.8 Å².